The Hall–Kier alpha value is -1.68. The molecular weight excluding hydrogens is 242 g/mol. The number of rotatable bonds is 4. The fourth-order valence-corrected chi connectivity index (χ4v) is 2.48. The number of nitrogens with one attached hydrogen (secondary N) is 1. The Morgan fingerprint density at radius 2 is 2.11 bits per heavy atom. The second-order valence-corrected chi connectivity index (χ2v) is 4.89. The number of ether oxygens (including phenoxy) is 1. The number of hydrogen-bond acceptors (Lipinski definition) is 3. The van der Waals surface area contributed by atoms with E-state index in [1.807, 2.05) is 18.2 Å². The molecule has 1 saturated heterocycles. The summed E-state index contributed by atoms with van der Waals surface area (Å²) >= 11 is 0. The maximum Gasteiger partial charge on any atom is 0.322 e. The van der Waals surface area contributed by atoms with E-state index >= 15 is 0 Å². The number of quaternary nitrogens is 1. The standard InChI is InChI=1S/C15H19NO3/c1-2-19-15(18)13-11-16(9-8-14(13)17)10-12-6-4-3-5-7-12/h3-7,13H,2,8-11H2,1H3/p+1/t13-/m0/s1. The highest BCUT2D eigenvalue weighted by Crippen LogP contribution is 2.06. The van der Waals surface area contributed by atoms with Gasteiger partial charge in [0, 0.05) is 5.56 Å². The van der Waals surface area contributed by atoms with E-state index in [9.17, 15) is 9.59 Å². The zero-order valence-corrected chi connectivity index (χ0v) is 11.2. The smallest absolute Gasteiger partial charge is 0.322 e. The Morgan fingerprint density at radius 1 is 1.37 bits per heavy atom. The van der Waals surface area contributed by atoms with Crippen molar-refractivity contribution in [1.29, 1.82) is 0 Å². The van der Waals surface area contributed by atoms with Crippen molar-refractivity contribution < 1.29 is 19.2 Å². The summed E-state index contributed by atoms with van der Waals surface area (Å²) in [5, 5.41) is 0. The van der Waals surface area contributed by atoms with Gasteiger partial charge in [-0.3, -0.25) is 9.59 Å². The Labute approximate surface area is 113 Å². The molecule has 0 radical (unpaired) electrons. The molecule has 0 saturated carbocycles. The molecule has 1 unspecified atom stereocenters. The summed E-state index contributed by atoms with van der Waals surface area (Å²) in [4.78, 5) is 24.8. The summed E-state index contributed by atoms with van der Waals surface area (Å²) in [6.07, 6.45) is 0.464. The molecule has 1 N–H and O–H groups in total. The van der Waals surface area contributed by atoms with Crippen molar-refractivity contribution in [3.8, 4) is 0 Å². The number of benzene rings is 1. The van der Waals surface area contributed by atoms with Crippen LogP contribution >= 0.6 is 0 Å². The van der Waals surface area contributed by atoms with E-state index in [-0.39, 0.29) is 11.8 Å². The Balaban J connectivity index is 1.97. The van der Waals surface area contributed by atoms with Gasteiger partial charge in [0.05, 0.1) is 26.1 Å². The highest BCUT2D eigenvalue weighted by atomic mass is 16.5. The molecule has 4 nitrogen and oxygen atoms in total. The van der Waals surface area contributed by atoms with Gasteiger partial charge in [0.1, 0.15) is 6.54 Å². The van der Waals surface area contributed by atoms with Gasteiger partial charge in [-0.25, -0.2) is 0 Å². The van der Waals surface area contributed by atoms with Crippen LogP contribution < -0.4 is 4.90 Å². The molecule has 102 valence electrons. The number of hydrogen-bond donors (Lipinski definition) is 1. The van der Waals surface area contributed by atoms with Crippen LogP contribution in [-0.4, -0.2) is 31.4 Å². The molecule has 1 heterocycles. The van der Waals surface area contributed by atoms with E-state index in [1.165, 1.54) is 10.5 Å². The average Bonchev–Trinajstić information content (AvgIpc) is 2.42. The first-order chi connectivity index (χ1) is 9.20. The summed E-state index contributed by atoms with van der Waals surface area (Å²) in [5.74, 6) is -0.916. The maximum absolute atomic E-state index is 11.8. The molecule has 0 bridgehead atoms. The highest BCUT2D eigenvalue weighted by molar-refractivity contribution is 5.99. The van der Waals surface area contributed by atoms with Crippen molar-refractivity contribution >= 4 is 11.8 Å². The van der Waals surface area contributed by atoms with Gasteiger partial charge in [0.25, 0.3) is 0 Å². The number of carbonyl (C=O) groups excluding carboxylic acids is 2. The lowest BCUT2D eigenvalue weighted by Gasteiger charge is -2.27. The quantitative estimate of drug-likeness (QED) is 0.624. The SMILES string of the molecule is CCOC(=O)[C@H]1C[NH+](Cc2ccccc2)CCC1=O. The van der Waals surface area contributed by atoms with Crippen LogP contribution in [0.3, 0.4) is 0 Å². The van der Waals surface area contributed by atoms with E-state index in [0.717, 1.165) is 13.1 Å². The molecule has 1 aliphatic rings. The molecule has 4 heteroatoms. The summed E-state index contributed by atoms with van der Waals surface area (Å²) < 4.78 is 4.98. The van der Waals surface area contributed by atoms with Gasteiger partial charge in [0.15, 0.2) is 11.7 Å². The van der Waals surface area contributed by atoms with Crippen LogP contribution in [0.4, 0.5) is 0 Å². The van der Waals surface area contributed by atoms with Crippen molar-refractivity contribution in [3.63, 3.8) is 0 Å². The van der Waals surface area contributed by atoms with E-state index in [2.05, 4.69) is 12.1 Å². The fourth-order valence-electron chi connectivity index (χ4n) is 2.48. The van der Waals surface area contributed by atoms with Gasteiger partial charge < -0.3 is 9.64 Å². The lowest BCUT2D eigenvalue weighted by molar-refractivity contribution is -0.917. The molecule has 1 aromatic rings. The van der Waals surface area contributed by atoms with Gasteiger partial charge in [-0.1, -0.05) is 30.3 Å². The number of Topliss-reactive ketones (excluding diaryl/α,β-unsaturated/α-hetero) is 1. The van der Waals surface area contributed by atoms with E-state index in [4.69, 9.17) is 4.74 Å². The van der Waals surface area contributed by atoms with Crippen molar-refractivity contribution in [3.05, 3.63) is 35.9 Å². The largest absolute Gasteiger partial charge is 0.465 e. The van der Waals surface area contributed by atoms with Crippen molar-refractivity contribution in [1.82, 2.24) is 0 Å². The minimum Gasteiger partial charge on any atom is -0.465 e. The second kappa shape index (κ2) is 6.48. The van der Waals surface area contributed by atoms with Crippen LogP contribution in [0.1, 0.15) is 18.9 Å². The average molecular weight is 262 g/mol. The first-order valence-electron chi connectivity index (χ1n) is 6.77. The molecule has 2 rings (SSSR count). The maximum atomic E-state index is 11.8. The fraction of sp³-hybridized carbons (Fsp3) is 0.467. The van der Waals surface area contributed by atoms with Crippen molar-refractivity contribution in [2.45, 2.75) is 19.9 Å². The lowest BCUT2D eigenvalue weighted by Crippen LogP contribution is -3.13. The van der Waals surface area contributed by atoms with Crippen LogP contribution in [0.15, 0.2) is 30.3 Å². The molecule has 19 heavy (non-hydrogen) atoms. The van der Waals surface area contributed by atoms with Gasteiger partial charge in [-0.2, -0.15) is 0 Å². The van der Waals surface area contributed by atoms with Gasteiger partial charge >= 0.3 is 5.97 Å². The number of piperidine rings is 1. The molecule has 1 aliphatic heterocycles. The first kappa shape index (κ1) is 13.7. The molecule has 2 atom stereocenters. The van der Waals surface area contributed by atoms with E-state index in [1.54, 1.807) is 6.92 Å². The second-order valence-electron chi connectivity index (χ2n) is 4.89. The van der Waals surface area contributed by atoms with Gasteiger partial charge in [-0.05, 0) is 6.92 Å². The number of ketones is 1. The van der Waals surface area contributed by atoms with E-state index in [0.29, 0.717) is 19.6 Å². The van der Waals surface area contributed by atoms with Crippen LogP contribution in [0.5, 0.6) is 0 Å². The Kier molecular flexibility index (Phi) is 4.68. The predicted octanol–water partition coefficient (Wildman–Crippen LogP) is 0.224. The van der Waals surface area contributed by atoms with Crippen molar-refractivity contribution in [2.24, 2.45) is 5.92 Å². The Morgan fingerprint density at radius 3 is 2.79 bits per heavy atom. The Bertz CT molecular complexity index is 444. The third kappa shape index (κ3) is 3.64. The van der Waals surface area contributed by atoms with Crippen LogP contribution in [0.2, 0.25) is 0 Å². The highest BCUT2D eigenvalue weighted by Gasteiger charge is 2.36. The molecular formula is C15H20NO3+. The lowest BCUT2D eigenvalue weighted by atomic mass is 9.96. The van der Waals surface area contributed by atoms with E-state index < -0.39 is 5.92 Å². The molecule has 0 aromatic heterocycles. The summed E-state index contributed by atoms with van der Waals surface area (Å²) in [5.41, 5.74) is 1.23. The van der Waals surface area contributed by atoms with Crippen LogP contribution in [0.25, 0.3) is 0 Å². The zero-order valence-electron chi connectivity index (χ0n) is 11.2. The molecule has 0 spiro atoms. The number of esters is 1. The minimum atomic E-state index is -0.576. The normalized spacial score (nSPS) is 23.1. The molecule has 1 aromatic carbocycles. The summed E-state index contributed by atoms with van der Waals surface area (Å²) in [7, 11) is 0. The third-order valence-electron chi connectivity index (χ3n) is 3.47. The molecule has 0 amide bonds. The molecule has 0 aliphatic carbocycles. The van der Waals surface area contributed by atoms with Gasteiger partial charge in [-0.15, -0.1) is 0 Å². The summed E-state index contributed by atoms with van der Waals surface area (Å²) in [6, 6.07) is 10.1. The zero-order chi connectivity index (χ0) is 13.7. The van der Waals surface area contributed by atoms with Crippen molar-refractivity contribution in [2.75, 3.05) is 19.7 Å². The minimum absolute atomic E-state index is 0.0234. The third-order valence-corrected chi connectivity index (χ3v) is 3.47. The number of carbonyl (C=O) groups is 2. The number of likely N-dealkylation sites (tertiary alicyclic amines) is 1. The topological polar surface area (TPSA) is 47.8 Å². The first-order valence-corrected chi connectivity index (χ1v) is 6.77. The predicted molar refractivity (Wildman–Crippen MR) is 70.6 cm³/mol. The summed E-state index contributed by atoms with van der Waals surface area (Å²) in [6.45, 7) is 4.29. The monoisotopic (exact) mass is 262 g/mol. The molecule has 1 fully saturated rings. The van der Waals surface area contributed by atoms with Crippen LogP contribution in [0, 0.1) is 5.92 Å². The van der Waals surface area contributed by atoms with Crippen LogP contribution in [-0.2, 0) is 20.9 Å². The van der Waals surface area contributed by atoms with Gasteiger partial charge in [0.2, 0.25) is 0 Å².